The molecule has 0 aliphatic carbocycles. The van der Waals surface area contributed by atoms with Gasteiger partial charge in [-0.3, -0.25) is 4.79 Å². The Hall–Kier alpha value is -1.84. The highest BCUT2D eigenvalue weighted by Crippen LogP contribution is 2.12. The molecule has 0 aliphatic rings. The molecule has 4 heteroatoms. The van der Waals surface area contributed by atoms with Crippen LogP contribution in [0.15, 0.2) is 30.3 Å². The molecule has 0 saturated heterocycles. The lowest BCUT2D eigenvalue weighted by atomic mass is 10.1. The average Bonchev–Trinajstić information content (AvgIpc) is 2.27. The summed E-state index contributed by atoms with van der Waals surface area (Å²) in [5.74, 6) is -1.26. The highest BCUT2D eigenvalue weighted by molar-refractivity contribution is 6.01. The van der Waals surface area contributed by atoms with E-state index >= 15 is 0 Å². The van der Waals surface area contributed by atoms with Crippen LogP contribution in [-0.2, 0) is 9.59 Å². The van der Waals surface area contributed by atoms with Crippen LogP contribution in [-0.4, -0.2) is 23.0 Å². The summed E-state index contributed by atoms with van der Waals surface area (Å²) in [5, 5.41) is 8.89. The van der Waals surface area contributed by atoms with Crippen LogP contribution in [0.25, 0.3) is 0 Å². The number of carbonyl (C=O) groups is 2. The van der Waals surface area contributed by atoms with E-state index < -0.39 is 17.9 Å². The predicted molar refractivity (Wildman–Crippen MR) is 58.4 cm³/mol. The summed E-state index contributed by atoms with van der Waals surface area (Å²) in [6.07, 6.45) is -0.577. The molecule has 4 nitrogen and oxygen atoms in total. The van der Waals surface area contributed by atoms with Crippen molar-refractivity contribution < 1.29 is 19.4 Å². The van der Waals surface area contributed by atoms with E-state index in [0.717, 1.165) is 0 Å². The second kappa shape index (κ2) is 5.90. The second-order valence-electron chi connectivity index (χ2n) is 3.37. The van der Waals surface area contributed by atoms with Crippen molar-refractivity contribution in [3.63, 3.8) is 0 Å². The van der Waals surface area contributed by atoms with Gasteiger partial charge in [0.15, 0.2) is 5.78 Å². The van der Waals surface area contributed by atoms with E-state index in [9.17, 15) is 9.59 Å². The molecule has 0 aliphatic heterocycles. The minimum atomic E-state index is -1.40. The molecule has 1 rings (SSSR count). The van der Waals surface area contributed by atoms with Crippen LogP contribution in [0.4, 0.5) is 0 Å². The number of hydrogen-bond acceptors (Lipinski definition) is 3. The summed E-state index contributed by atoms with van der Waals surface area (Å²) in [6, 6.07) is 8.47. The van der Waals surface area contributed by atoms with Crippen LogP contribution in [0.2, 0.25) is 0 Å². The molecule has 0 radical (unpaired) electrons. The van der Waals surface area contributed by atoms with Crippen molar-refractivity contribution in [1.29, 1.82) is 0 Å². The maximum absolute atomic E-state index is 11.5. The van der Waals surface area contributed by atoms with Gasteiger partial charge in [-0.05, 0) is 18.6 Å². The molecule has 0 saturated carbocycles. The van der Waals surface area contributed by atoms with E-state index in [-0.39, 0.29) is 6.42 Å². The van der Waals surface area contributed by atoms with E-state index in [1.54, 1.807) is 30.3 Å². The van der Waals surface area contributed by atoms with Crippen LogP contribution in [0.3, 0.4) is 0 Å². The molecule has 86 valence electrons. The molecular formula is C12H14O4. The highest BCUT2D eigenvalue weighted by Gasteiger charge is 2.27. The first-order valence-corrected chi connectivity index (χ1v) is 5.12. The molecule has 1 aromatic rings. The smallest absolute Gasteiger partial charge is 0.352 e. The van der Waals surface area contributed by atoms with E-state index in [1.165, 1.54) is 0 Å². The number of ether oxygens (including phenoxy) is 1. The third-order valence-electron chi connectivity index (χ3n) is 2.01. The van der Waals surface area contributed by atoms with Gasteiger partial charge in [0.2, 0.25) is 0 Å². The zero-order valence-electron chi connectivity index (χ0n) is 9.05. The molecule has 1 atom stereocenters. The van der Waals surface area contributed by atoms with Crippen molar-refractivity contribution in [1.82, 2.24) is 0 Å². The molecule has 1 N–H and O–H groups in total. The van der Waals surface area contributed by atoms with Gasteiger partial charge in [-0.1, -0.05) is 25.1 Å². The maximum atomic E-state index is 11.5. The van der Waals surface area contributed by atoms with Gasteiger partial charge in [0.05, 0.1) is 0 Å². The van der Waals surface area contributed by atoms with Gasteiger partial charge in [-0.2, -0.15) is 0 Å². The van der Waals surface area contributed by atoms with E-state index in [4.69, 9.17) is 9.84 Å². The summed E-state index contributed by atoms with van der Waals surface area (Å²) in [4.78, 5) is 22.4. The summed E-state index contributed by atoms with van der Waals surface area (Å²) < 4.78 is 5.14. The topological polar surface area (TPSA) is 63.6 Å². The fraction of sp³-hybridized carbons (Fsp3) is 0.333. The van der Waals surface area contributed by atoms with Crippen LogP contribution in [0.1, 0.15) is 19.8 Å². The zero-order valence-corrected chi connectivity index (χ0v) is 9.05. The van der Waals surface area contributed by atoms with Crippen molar-refractivity contribution in [2.75, 3.05) is 0 Å². The highest BCUT2D eigenvalue weighted by atomic mass is 16.5. The number of aliphatic carboxylic acids is 1. The number of hydrogen-bond donors (Lipinski definition) is 1. The van der Waals surface area contributed by atoms with Gasteiger partial charge >= 0.3 is 5.97 Å². The molecule has 0 heterocycles. The van der Waals surface area contributed by atoms with Crippen LogP contribution < -0.4 is 4.74 Å². The number of carbonyl (C=O) groups excluding carboxylic acids is 1. The molecule has 0 spiro atoms. The quantitative estimate of drug-likeness (QED) is 0.746. The summed E-state index contributed by atoms with van der Waals surface area (Å²) in [6.45, 7) is 1.82. The lowest BCUT2D eigenvalue weighted by molar-refractivity contribution is -0.150. The third-order valence-corrected chi connectivity index (χ3v) is 2.01. The zero-order chi connectivity index (χ0) is 12.0. The lowest BCUT2D eigenvalue weighted by Gasteiger charge is -2.13. The van der Waals surface area contributed by atoms with Crippen molar-refractivity contribution in [3.8, 4) is 5.75 Å². The van der Waals surface area contributed by atoms with Crippen LogP contribution in [0.5, 0.6) is 5.75 Å². The Labute approximate surface area is 93.9 Å². The van der Waals surface area contributed by atoms with E-state index in [1.807, 2.05) is 6.92 Å². The minimum absolute atomic E-state index is 0.212. The van der Waals surface area contributed by atoms with Crippen molar-refractivity contribution in [3.05, 3.63) is 30.3 Å². The summed E-state index contributed by atoms with van der Waals surface area (Å²) >= 11 is 0. The SMILES string of the molecule is CCCC(=O)C(Oc1ccccc1)C(=O)O. The number of carboxylic acids is 1. The molecule has 0 fully saturated rings. The standard InChI is InChI=1S/C12H14O4/c1-2-6-10(13)11(12(14)15)16-9-7-4-3-5-8-9/h3-5,7-8,11H,2,6H2,1H3,(H,14,15). The normalized spacial score (nSPS) is 11.8. The Bertz CT molecular complexity index is 359. The Morgan fingerprint density at radius 2 is 1.94 bits per heavy atom. The van der Waals surface area contributed by atoms with Gasteiger partial charge < -0.3 is 9.84 Å². The maximum Gasteiger partial charge on any atom is 0.352 e. The van der Waals surface area contributed by atoms with Gasteiger partial charge in [-0.25, -0.2) is 4.79 Å². The molecule has 16 heavy (non-hydrogen) atoms. The predicted octanol–water partition coefficient (Wildman–Crippen LogP) is 1.89. The van der Waals surface area contributed by atoms with Crippen LogP contribution in [0, 0.1) is 0 Å². The van der Waals surface area contributed by atoms with Crippen LogP contribution >= 0.6 is 0 Å². The molecule has 0 aromatic heterocycles. The number of rotatable bonds is 6. The van der Waals surface area contributed by atoms with Gasteiger partial charge in [0.25, 0.3) is 6.10 Å². The summed E-state index contributed by atoms with van der Waals surface area (Å²) in [7, 11) is 0. The molecule has 0 amide bonds. The van der Waals surface area contributed by atoms with E-state index in [0.29, 0.717) is 12.2 Å². The number of para-hydroxylation sites is 1. The summed E-state index contributed by atoms with van der Waals surface area (Å²) in [5.41, 5.74) is 0. The van der Waals surface area contributed by atoms with Crippen molar-refractivity contribution in [2.24, 2.45) is 0 Å². The van der Waals surface area contributed by atoms with Crippen molar-refractivity contribution in [2.45, 2.75) is 25.9 Å². The van der Waals surface area contributed by atoms with Crippen molar-refractivity contribution >= 4 is 11.8 Å². The first-order chi connectivity index (χ1) is 7.65. The number of carboxylic acid groups (broad SMARTS) is 1. The Kier molecular flexibility index (Phi) is 4.51. The minimum Gasteiger partial charge on any atom is -0.478 e. The van der Waals surface area contributed by atoms with Gasteiger partial charge in [0, 0.05) is 6.42 Å². The monoisotopic (exact) mass is 222 g/mol. The first-order valence-electron chi connectivity index (χ1n) is 5.12. The largest absolute Gasteiger partial charge is 0.478 e. The fourth-order valence-corrected chi connectivity index (χ4v) is 1.27. The van der Waals surface area contributed by atoms with E-state index in [2.05, 4.69) is 0 Å². The number of ketones is 1. The first kappa shape index (κ1) is 12.2. The Morgan fingerprint density at radius 1 is 1.31 bits per heavy atom. The molecule has 1 unspecified atom stereocenters. The Balaban J connectivity index is 2.73. The molecule has 1 aromatic carbocycles. The second-order valence-corrected chi connectivity index (χ2v) is 3.37. The average molecular weight is 222 g/mol. The van der Waals surface area contributed by atoms with Gasteiger partial charge in [0.1, 0.15) is 5.75 Å². The fourth-order valence-electron chi connectivity index (χ4n) is 1.27. The Morgan fingerprint density at radius 3 is 2.44 bits per heavy atom. The molecular weight excluding hydrogens is 208 g/mol. The lowest BCUT2D eigenvalue weighted by Crippen LogP contribution is -2.35. The molecule has 0 bridgehead atoms. The number of Topliss-reactive ketones (excluding diaryl/α,β-unsaturated/α-hetero) is 1. The third kappa shape index (κ3) is 3.38. The van der Waals surface area contributed by atoms with Gasteiger partial charge in [-0.15, -0.1) is 0 Å². The number of benzene rings is 1.